The first-order valence-electron chi connectivity index (χ1n) is 11.9. The second-order valence-electron chi connectivity index (χ2n) is 10.3. The maximum Gasteiger partial charge on any atom is 0.191 e. The van der Waals surface area contributed by atoms with Gasteiger partial charge in [0, 0.05) is 19.1 Å². The molecule has 1 heterocycles. The first-order valence-corrected chi connectivity index (χ1v) is 11.9. The summed E-state index contributed by atoms with van der Waals surface area (Å²) in [5.41, 5.74) is 6.80. The van der Waals surface area contributed by atoms with E-state index in [9.17, 15) is 0 Å². The van der Waals surface area contributed by atoms with Crippen molar-refractivity contribution in [3.05, 3.63) is 0 Å². The van der Waals surface area contributed by atoms with Crippen molar-refractivity contribution in [3.8, 4) is 0 Å². The molecule has 4 saturated carbocycles. The van der Waals surface area contributed by atoms with E-state index < -0.39 is 0 Å². The predicted molar refractivity (Wildman–Crippen MR) is 128 cm³/mol. The van der Waals surface area contributed by atoms with Crippen molar-refractivity contribution in [1.82, 2.24) is 9.80 Å². The Morgan fingerprint density at radius 1 is 0.897 bits per heavy atom. The smallest absolute Gasteiger partial charge is 0.191 e. The standard InChI is InChI=1S/C23H42N4.2ClH/c1-26(23-16-19-13-20(17-23)15-21(14-19)18-23)22(24)25-9-5-4-8-12-27-10-6-2-3-7-11-27;;/h19-21H,2-18H2,1H3,(H2,24,25);2*1H. The van der Waals surface area contributed by atoms with Gasteiger partial charge in [0.25, 0.3) is 0 Å². The van der Waals surface area contributed by atoms with Gasteiger partial charge in [0.2, 0.25) is 0 Å². The van der Waals surface area contributed by atoms with Gasteiger partial charge in [0.1, 0.15) is 0 Å². The number of nitrogens with two attached hydrogens (primary N) is 1. The van der Waals surface area contributed by atoms with Crippen LogP contribution in [0.3, 0.4) is 0 Å². The van der Waals surface area contributed by atoms with Crippen LogP contribution in [0, 0.1) is 17.8 Å². The van der Waals surface area contributed by atoms with E-state index in [1.54, 1.807) is 0 Å². The average Bonchev–Trinajstić information content (AvgIpc) is 2.91. The molecule has 5 aliphatic rings. The molecule has 0 unspecified atom stereocenters. The molecule has 0 amide bonds. The number of rotatable bonds is 7. The van der Waals surface area contributed by atoms with Gasteiger partial charge >= 0.3 is 0 Å². The summed E-state index contributed by atoms with van der Waals surface area (Å²) < 4.78 is 0. The van der Waals surface area contributed by atoms with Gasteiger partial charge in [-0.15, -0.1) is 24.8 Å². The van der Waals surface area contributed by atoms with Crippen LogP contribution in [0.4, 0.5) is 0 Å². The molecule has 5 fully saturated rings. The van der Waals surface area contributed by atoms with Crippen LogP contribution in [0.5, 0.6) is 0 Å². The fourth-order valence-electron chi connectivity index (χ4n) is 7.00. The van der Waals surface area contributed by atoms with E-state index in [1.807, 2.05) is 0 Å². The molecule has 0 aromatic carbocycles. The summed E-state index contributed by atoms with van der Waals surface area (Å²) >= 11 is 0. The number of halogens is 2. The first kappa shape index (κ1) is 25.1. The van der Waals surface area contributed by atoms with Crippen molar-refractivity contribution in [1.29, 1.82) is 0 Å². The van der Waals surface area contributed by atoms with Crippen LogP contribution in [0.1, 0.15) is 83.5 Å². The van der Waals surface area contributed by atoms with Gasteiger partial charge in [0.05, 0.1) is 0 Å². The van der Waals surface area contributed by atoms with Crippen molar-refractivity contribution in [3.63, 3.8) is 0 Å². The third-order valence-electron chi connectivity index (χ3n) is 8.17. The summed E-state index contributed by atoms with van der Waals surface area (Å²) in [6.45, 7) is 4.83. The lowest BCUT2D eigenvalue weighted by Gasteiger charge is -2.60. The molecule has 2 N–H and O–H groups in total. The molecule has 1 aliphatic heterocycles. The first-order chi connectivity index (χ1) is 13.1. The lowest BCUT2D eigenvalue weighted by Crippen LogP contribution is -2.61. The van der Waals surface area contributed by atoms with Crippen molar-refractivity contribution in [2.75, 3.05) is 33.2 Å². The Bertz CT molecular complexity index is 482. The molecular formula is C23H44Cl2N4. The summed E-state index contributed by atoms with van der Waals surface area (Å²) in [6.07, 6.45) is 18.0. The van der Waals surface area contributed by atoms with Crippen molar-refractivity contribution in [2.45, 2.75) is 89.0 Å². The lowest BCUT2D eigenvalue weighted by molar-refractivity contribution is -0.0550. The molecule has 6 heteroatoms. The minimum Gasteiger partial charge on any atom is -0.370 e. The van der Waals surface area contributed by atoms with Crippen LogP contribution < -0.4 is 5.73 Å². The topological polar surface area (TPSA) is 44.9 Å². The fourth-order valence-corrected chi connectivity index (χ4v) is 7.00. The normalized spacial score (nSPS) is 34.2. The maximum absolute atomic E-state index is 6.46. The number of likely N-dealkylation sites (tertiary alicyclic amines) is 1. The molecule has 0 aromatic heterocycles. The maximum atomic E-state index is 6.46. The van der Waals surface area contributed by atoms with Crippen molar-refractivity contribution >= 4 is 30.8 Å². The van der Waals surface area contributed by atoms with E-state index in [2.05, 4.69) is 16.8 Å². The van der Waals surface area contributed by atoms with Gasteiger partial charge in [-0.1, -0.05) is 19.3 Å². The second-order valence-corrected chi connectivity index (χ2v) is 10.3. The Balaban J connectivity index is 0.00000150. The third kappa shape index (κ3) is 6.17. The highest BCUT2D eigenvalue weighted by Crippen LogP contribution is 2.57. The molecule has 4 nitrogen and oxygen atoms in total. The summed E-state index contributed by atoms with van der Waals surface area (Å²) in [7, 11) is 2.23. The highest BCUT2D eigenvalue weighted by molar-refractivity contribution is 5.85. The molecule has 29 heavy (non-hydrogen) atoms. The third-order valence-corrected chi connectivity index (χ3v) is 8.17. The van der Waals surface area contributed by atoms with Gasteiger partial charge in [0.15, 0.2) is 5.96 Å². The summed E-state index contributed by atoms with van der Waals surface area (Å²) in [5.74, 6) is 3.70. The number of nitrogens with zero attached hydrogens (tertiary/aromatic N) is 3. The quantitative estimate of drug-likeness (QED) is 0.336. The number of unbranched alkanes of at least 4 members (excludes halogenated alkanes) is 2. The minimum atomic E-state index is 0. The van der Waals surface area contributed by atoms with Crippen molar-refractivity contribution in [2.24, 2.45) is 28.5 Å². The summed E-state index contributed by atoms with van der Waals surface area (Å²) in [5, 5.41) is 0. The van der Waals surface area contributed by atoms with Crippen LogP contribution in [0.25, 0.3) is 0 Å². The van der Waals surface area contributed by atoms with Crippen molar-refractivity contribution < 1.29 is 0 Å². The zero-order chi connectivity index (χ0) is 18.7. The average molecular weight is 448 g/mol. The molecule has 170 valence electrons. The van der Waals surface area contributed by atoms with Crippen LogP contribution in [-0.4, -0.2) is 54.5 Å². The number of hydrogen-bond donors (Lipinski definition) is 1. The van der Waals surface area contributed by atoms with Gasteiger partial charge in [-0.25, -0.2) is 0 Å². The zero-order valence-corrected chi connectivity index (χ0v) is 20.1. The second kappa shape index (κ2) is 11.4. The largest absolute Gasteiger partial charge is 0.370 e. The number of hydrogen-bond acceptors (Lipinski definition) is 2. The van der Waals surface area contributed by atoms with Gasteiger partial charge < -0.3 is 15.5 Å². The molecule has 4 bridgehead atoms. The van der Waals surface area contributed by atoms with Gasteiger partial charge in [-0.05, 0) is 102 Å². The molecule has 1 saturated heterocycles. The van der Waals surface area contributed by atoms with Gasteiger partial charge in [-0.2, -0.15) is 0 Å². The van der Waals surface area contributed by atoms with E-state index >= 15 is 0 Å². The summed E-state index contributed by atoms with van der Waals surface area (Å²) in [6, 6.07) is 0. The lowest BCUT2D eigenvalue weighted by atomic mass is 9.52. The summed E-state index contributed by atoms with van der Waals surface area (Å²) in [4.78, 5) is 9.86. The Labute approximate surface area is 191 Å². The molecule has 0 aromatic rings. The zero-order valence-electron chi connectivity index (χ0n) is 18.5. The van der Waals surface area contributed by atoms with Gasteiger partial charge in [-0.3, -0.25) is 4.99 Å². The van der Waals surface area contributed by atoms with E-state index in [4.69, 9.17) is 10.7 Å². The molecular weight excluding hydrogens is 403 g/mol. The number of guanidine groups is 1. The molecule has 0 spiro atoms. The van der Waals surface area contributed by atoms with Crippen LogP contribution >= 0.6 is 24.8 Å². The molecule has 5 rings (SSSR count). The molecule has 0 radical (unpaired) electrons. The SMILES string of the molecule is CN(C(N)=NCCCCCN1CCCCCC1)C12CC3CC(CC(C3)C1)C2.Cl.Cl. The van der Waals surface area contributed by atoms with Crippen LogP contribution in [0.15, 0.2) is 4.99 Å². The minimum absolute atomic E-state index is 0. The van der Waals surface area contributed by atoms with E-state index in [1.165, 1.54) is 103 Å². The van der Waals surface area contributed by atoms with E-state index in [0.717, 1.165) is 30.3 Å². The fraction of sp³-hybridized carbons (Fsp3) is 0.957. The Morgan fingerprint density at radius 3 is 2.00 bits per heavy atom. The van der Waals surface area contributed by atoms with Crippen LogP contribution in [-0.2, 0) is 0 Å². The Kier molecular flexibility index (Phi) is 9.89. The Morgan fingerprint density at radius 2 is 1.45 bits per heavy atom. The predicted octanol–water partition coefficient (Wildman–Crippen LogP) is 5.09. The highest BCUT2D eigenvalue weighted by atomic mass is 35.5. The molecule has 0 atom stereocenters. The number of aliphatic imine (C=N–C) groups is 1. The van der Waals surface area contributed by atoms with E-state index in [0.29, 0.717) is 5.54 Å². The van der Waals surface area contributed by atoms with E-state index in [-0.39, 0.29) is 24.8 Å². The monoisotopic (exact) mass is 446 g/mol. The Hall–Kier alpha value is -0.190. The highest BCUT2D eigenvalue weighted by Gasteiger charge is 2.53. The van der Waals surface area contributed by atoms with Crippen LogP contribution in [0.2, 0.25) is 0 Å². The molecule has 4 aliphatic carbocycles.